The molecule has 0 aliphatic heterocycles. The number of rotatable bonds is 6. The fourth-order valence-electron chi connectivity index (χ4n) is 1.95. The zero-order valence-electron chi connectivity index (χ0n) is 11.7. The minimum absolute atomic E-state index is 0.0000674. The van der Waals surface area contributed by atoms with E-state index in [4.69, 9.17) is 29.6 Å². The summed E-state index contributed by atoms with van der Waals surface area (Å²) in [6, 6.07) is 4.30. The van der Waals surface area contributed by atoms with Gasteiger partial charge in [-0.05, 0) is 31.4 Å². The largest absolute Gasteiger partial charge is 0.389 e. The Balaban J connectivity index is 3.09. The summed E-state index contributed by atoms with van der Waals surface area (Å²) in [7, 11) is -3.69. The average molecular weight is 335 g/mol. The van der Waals surface area contributed by atoms with Gasteiger partial charge in [-0.3, -0.25) is 0 Å². The third-order valence-electron chi connectivity index (χ3n) is 2.69. The van der Waals surface area contributed by atoms with Gasteiger partial charge in [0.15, 0.2) is 0 Å². The summed E-state index contributed by atoms with van der Waals surface area (Å²) < 4.78 is 27.3. The van der Waals surface area contributed by atoms with E-state index in [-0.39, 0.29) is 20.9 Å². The highest BCUT2D eigenvalue weighted by molar-refractivity contribution is 7.89. The Hall–Kier alpha value is -0.690. The Labute approximate surface area is 130 Å². The van der Waals surface area contributed by atoms with Gasteiger partial charge in [-0.1, -0.05) is 43.7 Å². The Kier molecular flexibility index (Phi) is 5.94. The van der Waals surface area contributed by atoms with Crippen LogP contribution in [0.2, 0.25) is 5.02 Å². The number of sulfonamides is 1. The van der Waals surface area contributed by atoms with Crippen LogP contribution in [0.25, 0.3) is 0 Å². The number of nitrogens with one attached hydrogen (secondary N) is 1. The van der Waals surface area contributed by atoms with Gasteiger partial charge in [0.05, 0.1) is 5.02 Å². The quantitative estimate of drug-likeness (QED) is 0.784. The van der Waals surface area contributed by atoms with Gasteiger partial charge in [-0.25, -0.2) is 13.1 Å². The molecule has 0 bridgehead atoms. The van der Waals surface area contributed by atoms with Gasteiger partial charge < -0.3 is 5.73 Å². The van der Waals surface area contributed by atoms with Gasteiger partial charge in [-0.2, -0.15) is 0 Å². The molecule has 1 rings (SSSR count). The molecular formula is C13H19ClN2O2S2. The summed E-state index contributed by atoms with van der Waals surface area (Å²) in [6.45, 7) is 5.89. The van der Waals surface area contributed by atoms with Crippen molar-refractivity contribution in [3.63, 3.8) is 0 Å². The smallest absolute Gasteiger partial charge is 0.242 e. The Morgan fingerprint density at radius 1 is 1.40 bits per heavy atom. The third-order valence-corrected chi connectivity index (χ3v) is 4.99. The van der Waals surface area contributed by atoms with Crippen molar-refractivity contribution in [2.45, 2.75) is 38.1 Å². The molecule has 0 aliphatic rings. The highest BCUT2D eigenvalue weighted by Crippen LogP contribution is 2.23. The second-order valence-electron chi connectivity index (χ2n) is 5.16. The molecule has 0 fully saturated rings. The number of hydrogen-bond donors (Lipinski definition) is 2. The van der Waals surface area contributed by atoms with E-state index in [1.54, 1.807) is 6.07 Å². The van der Waals surface area contributed by atoms with Gasteiger partial charge >= 0.3 is 0 Å². The van der Waals surface area contributed by atoms with E-state index in [0.717, 1.165) is 6.42 Å². The number of halogens is 1. The van der Waals surface area contributed by atoms with E-state index < -0.39 is 10.0 Å². The summed E-state index contributed by atoms with van der Waals surface area (Å²) in [6.07, 6.45) is 0.742. The first kappa shape index (κ1) is 17.4. The number of hydrogen-bond acceptors (Lipinski definition) is 3. The van der Waals surface area contributed by atoms with Gasteiger partial charge in [0, 0.05) is 11.6 Å². The van der Waals surface area contributed by atoms with Crippen molar-refractivity contribution in [1.82, 2.24) is 4.72 Å². The topological polar surface area (TPSA) is 72.2 Å². The average Bonchev–Trinajstić information content (AvgIpc) is 2.26. The first-order valence-corrected chi connectivity index (χ1v) is 8.52. The molecule has 20 heavy (non-hydrogen) atoms. The van der Waals surface area contributed by atoms with Crippen molar-refractivity contribution in [3.8, 4) is 0 Å². The van der Waals surface area contributed by atoms with Crippen LogP contribution >= 0.6 is 23.8 Å². The zero-order valence-corrected chi connectivity index (χ0v) is 14.1. The van der Waals surface area contributed by atoms with Gasteiger partial charge in [0.2, 0.25) is 10.0 Å². The highest BCUT2D eigenvalue weighted by atomic mass is 35.5. The van der Waals surface area contributed by atoms with E-state index in [1.165, 1.54) is 12.1 Å². The Morgan fingerprint density at radius 2 is 2.00 bits per heavy atom. The summed E-state index contributed by atoms with van der Waals surface area (Å²) in [4.78, 5) is 0.133. The lowest BCUT2D eigenvalue weighted by Crippen LogP contribution is -2.33. The summed E-state index contributed by atoms with van der Waals surface area (Å²) in [5.74, 6) is 0.395. The van der Waals surface area contributed by atoms with Crippen LogP contribution in [0.3, 0.4) is 0 Å². The SMILES string of the molecule is CC(C)CC(C)NS(=O)(=O)c1cc(C(N)=S)ccc1Cl. The molecule has 4 nitrogen and oxygen atoms in total. The molecule has 0 radical (unpaired) electrons. The lowest BCUT2D eigenvalue weighted by atomic mass is 10.1. The van der Waals surface area contributed by atoms with Crippen LogP contribution in [0, 0.1) is 5.92 Å². The van der Waals surface area contributed by atoms with Gasteiger partial charge in [0.1, 0.15) is 9.88 Å². The molecule has 0 amide bonds. The summed E-state index contributed by atoms with van der Waals surface area (Å²) in [5, 5.41) is 0.147. The first-order chi connectivity index (χ1) is 9.13. The van der Waals surface area contributed by atoms with Crippen LogP contribution in [0.15, 0.2) is 23.1 Å². The number of nitrogens with two attached hydrogens (primary N) is 1. The molecule has 0 spiro atoms. The van der Waals surface area contributed by atoms with Crippen LogP contribution in [0.5, 0.6) is 0 Å². The van der Waals surface area contributed by atoms with Crippen molar-refractivity contribution in [3.05, 3.63) is 28.8 Å². The van der Waals surface area contributed by atoms with Crippen molar-refractivity contribution < 1.29 is 8.42 Å². The maximum absolute atomic E-state index is 12.3. The molecule has 7 heteroatoms. The number of thiocarbonyl (C=S) groups is 1. The first-order valence-electron chi connectivity index (χ1n) is 6.25. The predicted molar refractivity (Wildman–Crippen MR) is 86.6 cm³/mol. The lowest BCUT2D eigenvalue weighted by Gasteiger charge is -2.17. The molecule has 1 aromatic carbocycles. The van der Waals surface area contributed by atoms with E-state index in [2.05, 4.69) is 4.72 Å². The molecular weight excluding hydrogens is 316 g/mol. The van der Waals surface area contributed by atoms with Crippen LogP contribution in [-0.2, 0) is 10.0 Å². The van der Waals surface area contributed by atoms with Crippen molar-refractivity contribution in [2.24, 2.45) is 11.7 Å². The second kappa shape index (κ2) is 6.85. The van der Waals surface area contributed by atoms with Gasteiger partial charge in [-0.15, -0.1) is 0 Å². The van der Waals surface area contributed by atoms with Crippen molar-refractivity contribution in [2.75, 3.05) is 0 Å². The van der Waals surface area contributed by atoms with Crippen LogP contribution in [-0.4, -0.2) is 19.4 Å². The zero-order chi connectivity index (χ0) is 15.5. The minimum Gasteiger partial charge on any atom is -0.389 e. The highest BCUT2D eigenvalue weighted by Gasteiger charge is 2.21. The lowest BCUT2D eigenvalue weighted by molar-refractivity contribution is 0.482. The molecule has 0 heterocycles. The maximum atomic E-state index is 12.3. The fourth-order valence-corrected chi connectivity index (χ4v) is 3.86. The molecule has 1 aromatic rings. The van der Waals surface area contributed by atoms with E-state index in [9.17, 15) is 8.42 Å². The summed E-state index contributed by atoms with van der Waals surface area (Å²) in [5.41, 5.74) is 5.99. The summed E-state index contributed by atoms with van der Waals surface area (Å²) >= 11 is 10.8. The van der Waals surface area contributed by atoms with E-state index >= 15 is 0 Å². The minimum atomic E-state index is -3.69. The second-order valence-corrected chi connectivity index (χ2v) is 7.69. The van der Waals surface area contributed by atoms with Crippen molar-refractivity contribution >= 4 is 38.8 Å². The molecule has 1 atom stereocenters. The van der Waals surface area contributed by atoms with Crippen LogP contribution in [0.1, 0.15) is 32.8 Å². The Morgan fingerprint density at radius 3 is 2.50 bits per heavy atom. The monoisotopic (exact) mass is 334 g/mol. The van der Waals surface area contributed by atoms with Crippen LogP contribution in [0.4, 0.5) is 0 Å². The molecule has 112 valence electrons. The van der Waals surface area contributed by atoms with E-state index in [0.29, 0.717) is 11.5 Å². The van der Waals surface area contributed by atoms with Crippen LogP contribution < -0.4 is 10.5 Å². The maximum Gasteiger partial charge on any atom is 0.242 e. The fraction of sp³-hybridized carbons (Fsp3) is 0.462. The van der Waals surface area contributed by atoms with Crippen molar-refractivity contribution in [1.29, 1.82) is 0 Å². The third kappa shape index (κ3) is 4.70. The van der Waals surface area contributed by atoms with E-state index in [1.807, 2.05) is 20.8 Å². The molecule has 0 saturated carbocycles. The normalized spacial score (nSPS) is 13.4. The molecule has 0 aromatic heterocycles. The molecule has 3 N–H and O–H groups in total. The molecule has 0 saturated heterocycles. The van der Waals surface area contributed by atoms with Gasteiger partial charge in [0.25, 0.3) is 0 Å². The number of benzene rings is 1. The standard InChI is InChI=1S/C13H19ClN2O2S2/c1-8(2)6-9(3)16-20(17,18)12-7-10(13(15)19)4-5-11(12)14/h4-5,7-9,16H,6H2,1-3H3,(H2,15,19). The molecule has 1 unspecified atom stereocenters. The molecule has 0 aliphatic carbocycles. The Bertz CT molecular complexity index is 600. The predicted octanol–water partition coefficient (Wildman–Crippen LogP) is 2.69.